The molecule has 1 aliphatic rings. The highest BCUT2D eigenvalue weighted by Crippen LogP contribution is 2.23. The zero-order valence-electron chi connectivity index (χ0n) is 13.1. The maximum Gasteiger partial charge on any atom is 0.254 e. The Morgan fingerprint density at radius 2 is 2.14 bits per heavy atom. The Morgan fingerprint density at radius 3 is 2.76 bits per heavy atom. The Labute approximate surface area is 125 Å². The van der Waals surface area contributed by atoms with Crippen LogP contribution in [-0.2, 0) is 4.79 Å². The van der Waals surface area contributed by atoms with Gasteiger partial charge in [-0.05, 0) is 51.5 Å². The zero-order valence-corrected chi connectivity index (χ0v) is 13.1. The summed E-state index contributed by atoms with van der Waals surface area (Å²) in [5.41, 5.74) is 1.87. The van der Waals surface area contributed by atoms with Crippen molar-refractivity contribution in [3.05, 3.63) is 29.3 Å². The molecule has 5 nitrogen and oxygen atoms in total. The standard InChI is InChI=1S/C16H23N3O2/c1-5-17-13-7-6-12(10-11(13)2)14(20)19-9-8-18-15(21)16(19,3)4/h6-7,10,17H,5,8-9H2,1-4H3,(H,18,21). The average molecular weight is 289 g/mol. The maximum atomic E-state index is 12.7. The molecule has 0 bridgehead atoms. The summed E-state index contributed by atoms with van der Waals surface area (Å²) in [6.45, 7) is 9.44. The number of hydrogen-bond acceptors (Lipinski definition) is 3. The molecule has 114 valence electrons. The molecule has 0 radical (unpaired) electrons. The molecule has 0 spiro atoms. The van der Waals surface area contributed by atoms with E-state index in [0.717, 1.165) is 17.8 Å². The number of amides is 2. The molecule has 1 aromatic rings. The Morgan fingerprint density at radius 1 is 1.43 bits per heavy atom. The van der Waals surface area contributed by atoms with Gasteiger partial charge in [-0.15, -0.1) is 0 Å². The first-order valence-corrected chi connectivity index (χ1v) is 7.32. The molecule has 1 aromatic carbocycles. The van der Waals surface area contributed by atoms with Gasteiger partial charge in [-0.2, -0.15) is 0 Å². The number of anilines is 1. The summed E-state index contributed by atoms with van der Waals surface area (Å²) in [6.07, 6.45) is 0. The van der Waals surface area contributed by atoms with Crippen LogP contribution in [0.25, 0.3) is 0 Å². The molecule has 21 heavy (non-hydrogen) atoms. The summed E-state index contributed by atoms with van der Waals surface area (Å²) in [7, 11) is 0. The number of aryl methyl sites for hydroxylation is 1. The third kappa shape index (κ3) is 2.86. The summed E-state index contributed by atoms with van der Waals surface area (Å²) in [4.78, 5) is 26.3. The van der Waals surface area contributed by atoms with Crippen LogP contribution in [0.1, 0.15) is 36.7 Å². The molecule has 0 atom stereocenters. The molecule has 1 fully saturated rings. The van der Waals surface area contributed by atoms with E-state index in [1.807, 2.05) is 32.0 Å². The van der Waals surface area contributed by atoms with E-state index in [9.17, 15) is 9.59 Å². The van der Waals surface area contributed by atoms with Crippen LogP contribution in [0.3, 0.4) is 0 Å². The highest BCUT2D eigenvalue weighted by atomic mass is 16.2. The zero-order chi connectivity index (χ0) is 15.6. The number of carbonyl (C=O) groups is 2. The highest BCUT2D eigenvalue weighted by molar-refractivity contribution is 6.00. The molecule has 2 rings (SSSR count). The van der Waals surface area contributed by atoms with Gasteiger partial charge in [0.05, 0.1) is 0 Å². The van der Waals surface area contributed by atoms with Crippen molar-refractivity contribution in [2.45, 2.75) is 33.2 Å². The molecule has 2 N–H and O–H groups in total. The molecule has 1 heterocycles. The van der Waals surface area contributed by atoms with Crippen molar-refractivity contribution in [2.75, 3.05) is 25.0 Å². The molecule has 1 saturated heterocycles. The van der Waals surface area contributed by atoms with Gasteiger partial charge in [0.1, 0.15) is 5.54 Å². The van der Waals surface area contributed by atoms with Crippen molar-refractivity contribution in [1.29, 1.82) is 0 Å². The van der Waals surface area contributed by atoms with Crippen LogP contribution in [0, 0.1) is 6.92 Å². The minimum atomic E-state index is -0.816. The van der Waals surface area contributed by atoms with Gasteiger partial charge < -0.3 is 15.5 Å². The molecule has 1 aliphatic heterocycles. The van der Waals surface area contributed by atoms with E-state index >= 15 is 0 Å². The molecular weight excluding hydrogens is 266 g/mol. The highest BCUT2D eigenvalue weighted by Gasteiger charge is 2.40. The number of rotatable bonds is 3. The topological polar surface area (TPSA) is 61.4 Å². The van der Waals surface area contributed by atoms with Gasteiger partial charge in [-0.25, -0.2) is 0 Å². The summed E-state index contributed by atoms with van der Waals surface area (Å²) in [6, 6.07) is 5.61. The lowest BCUT2D eigenvalue weighted by atomic mass is 9.97. The second kappa shape index (κ2) is 5.76. The number of nitrogens with one attached hydrogen (secondary N) is 2. The fourth-order valence-corrected chi connectivity index (χ4v) is 2.60. The molecule has 0 aromatic heterocycles. The van der Waals surface area contributed by atoms with Crippen molar-refractivity contribution in [3.8, 4) is 0 Å². The van der Waals surface area contributed by atoms with Gasteiger partial charge in [0.2, 0.25) is 5.91 Å². The minimum absolute atomic E-state index is 0.0963. The second-order valence-electron chi connectivity index (χ2n) is 5.83. The number of benzene rings is 1. The number of carbonyl (C=O) groups excluding carboxylic acids is 2. The van der Waals surface area contributed by atoms with Gasteiger partial charge in [-0.3, -0.25) is 9.59 Å². The molecule has 0 saturated carbocycles. The third-order valence-corrected chi connectivity index (χ3v) is 3.94. The number of nitrogens with zero attached hydrogens (tertiary/aromatic N) is 1. The van der Waals surface area contributed by atoms with Crippen molar-refractivity contribution in [1.82, 2.24) is 10.2 Å². The van der Waals surface area contributed by atoms with Gasteiger partial charge in [0, 0.05) is 30.9 Å². The van der Waals surface area contributed by atoms with E-state index in [-0.39, 0.29) is 11.8 Å². The van der Waals surface area contributed by atoms with Crippen molar-refractivity contribution in [3.63, 3.8) is 0 Å². The lowest BCUT2D eigenvalue weighted by Gasteiger charge is -2.41. The van der Waals surface area contributed by atoms with Crippen LogP contribution < -0.4 is 10.6 Å². The van der Waals surface area contributed by atoms with Gasteiger partial charge in [0.15, 0.2) is 0 Å². The number of piperazine rings is 1. The van der Waals surface area contributed by atoms with E-state index < -0.39 is 5.54 Å². The second-order valence-corrected chi connectivity index (χ2v) is 5.83. The quantitative estimate of drug-likeness (QED) is 0.891. The van der Waals surface area contributed by atoms with Crippen LogP contribution in [0.2, 0.25) is 0 Å². The fraction of sp³-hybridized carbons (Fsp3) is 0.500. The monoisotopic (exact) mass is 289 g/mol. The Kier molecular flexibility index (Phi) is 4.21. The normalized spacial score (nSPS) is 17.3. The number of hydrogen-bond donors (Lipinski definition) is 2. The van der Waals surface area contributed by atoms with Gasteiger partial charge >= 0.3 is 0 Å². The summed E-state index contributed by atoms with van der Waals surface area (Å²) in [5, 5.41) is 6.06. The van der Waals surface area contributed by atoms with Crippen molar-refractivity contribution in [2.24, 2.45) is 0 Å². The lowest BCUT2D eigenvalue weighted by molar-refractivity contribution is -0.133. The average Bonchev–Trinajstić information content (AvgIpc) is 2.43. The van der Waals surface area contributed by atoms with Crippen LogP contribution in [0.15, 0.2) is 18.2 Å². The van der Waals surface area contributed by atoms with Crippen LogP contribution in [-0.4, -0.2) is 41.9 Å². The van der Waals surface area contributed by atoms with E-state index in [4.69, 9.17) is 0 Å². The lowest BCUT2D eigenvalue weighted by Crippen LogP contribution is -2.63. The Bertz CT molecular complexity index is 567. The summed E-state index contributed by atoms with van der Waals surface area (Å²) < 4.78 is 0. The maximum absolute atomic E-state index is 12.7. The van der Waals surface area contributed by atoms with Gasteiger partial charge in [0.25, 0.3) is 5.91 Å². The minimum Gasteiger partial charge on any atom is -0.385 e. The Balaban J connectivity index is 2.27. The molecule has 0 unspecified atom stereocenters. The summed E-state index contributed by atoms with van der Waals surface area (Å²) >= 11 is 0. The smallest absolute Gasteiger partial charge is 0.254 e. The van der Waals surface area contributed by atoms with Crippen LogP contribution in [0.5, 0.6) is 0 Å². The first kappa shape index (κ1) is 15.4. The van der Waals surface area contributed by atoms with Gasteiger partial charge in [-0.1, -0.05) is 0 Å². The fourth-order valence-electron chi connectivity index (χ4n) is 2.60. The first-order valence-electron chi connectivity index (χ1n) is 7.32. The van der Waals surface area contributed by atoms with Crippen LogP contribution >= 0.6 is 0 Å². The predicted octanol–water partition coefficient (Wildman–Crippen LogP) is 1.78. The Hall–Kier alpha value is -2.04. The molecular formula is C16H23N3O2. The third-order valence-electron chi connectivity index (χ3n) is 3.94. The van der Waals surface area contributed by atoms with Crippen molar-refractivity contribution >= 4 is 17.5 Å². The molecule has 5 heteroatoms. The van der Waals surface area contributed by atoms with E-state index in [2.05, 4.69) is 10.6 Å². The van der Waals surface area contributed by atoms with E-state index in [0.29, 0.717) is 18.7 Å². The van der Waals surface area contributed by atoms with Crippen LogP contribution in [0.4, 0.5) is 5.69 Å². The summed E-state index contributed by atoms with van der Waals surface area (Å²) in [5.74, 6) is -0.205. The predicted molar refractivity (Wildman–Crippen MR) is 83.5 cm³/mol. The molecule has 2 amide bonds. The molecule has 0 aliphatic carbocycles. The van der Waals surface area contributed by atoms with E-state index in [1.54, 1.807) is 18.7 Å². The SMILES string of the molecule is CCNc1ccc(C(=O)N2CCNC(=O)C2(C)C)cc1C. The van der Waals surface area contributed by atoms with E-state index in [1.165, 1.54) is 0 Å². The largest absolute Gasteiger partial charge is 0.385 e. The van der Waals surface area contributed by atoms with Crippen molar-refractivity contribution < 1.29 is 9.59 Å². The first-order chi connectivity index (χ1) is 9.87.